The Kier molecular flexibility index (Phi) is 5.70. The number of benzene rings is 2. The number of methoxy groups -OCH3 is 1. The van der Waals surface area contributed by atoms with E-state index in [2.05, 4.69) is 15.3 Å². The van der Waals surface area contributed by atoms with Crippen molar-refractivity contribution < 1.29 is 9.47 Å². The molecule has 0 fully saturated rings. The van der Waals surface area contributed by atoms with E-state index in [1.807, 2.05) is 43.3 Å². The van der Waals surface area contributed by atoms with Crippen LogP contribution in [0.2, 0.25) is 5.02 Å². The van der Waals surface area contributed by atoms with Crippen LogP contribution in [-0.4, -0.2) is 34.8 Å². The lowest BCUT2D eigenvalue weighted by molar-refractivity contribution is 0.311. The molecule has 0 unspecified atom stereocenters. The summed E-state index contributed by atoms with van der Waals surface area (Å²) in [6.45, 7) is 2.49. The molecule has 1 heterocycles. The highest BCUT2D eigenvalue weighted by Crippen LogP contribution is 2.28. The lowest BCUT2D eigenvalue weighted by Crippen LogP contribution is -1.98. The van der Waals surface area contributed by atoms with E-state index in [-0.39, 0.29) is 0 Å². The Hall–Kier alpha value is -2.64. The van der Waals surface area contributed by atoms with Crippen LogP contribution >= 0.6 is 23.8 Å². The third-order valence-corrected chi connectivity index (χ3v) is 4.17. The van der Waals surface area contributed by atoms with Crippen molar-refractivity contribution in [2.75, 3.05) is 13.7 Å². The average molecular weight is 389 g/mol. The van der Waals surface area contributed by atoms with Crippen molar-refractivity contribution in [1.29, 1.82) is 0 Å². The Morgan fingerprint density at radius 3 is 2.81 bits per heavy atom. The van der Waals surface area contributed by atoms with Crippen LogP contribution in [-0.2, 0) is 0 Å². The second-order valence-corrected chi connectivity index (χ2v) is 6.03. The smallest absolute Gasteiger partial charge is 0.216 e. The molecule has 0 saturated carbocycles. The molecule has 26 heavy (non-hydrogen) atoms. The Labute approximate surface area is 161 Å². The number of hydrogen-bond donors (Lipinski definition) is 1. The zero-order valence-corrected chi connectivity index (χ0v) is 15.8. The number of nitrogens with zero attached hydrogens (tertiary/aromatic N) is 3. The minimum atomic E-state index is 0.370. The molecule has 0 aliphatic carbocycles. The highest BCUT2D eigenvalue weighted by atomic mass is 35.5. The fourth-order valence-corrected chi connectivity index (χ4v) is 2.78. The van der Waals surface area contributed by atoms with Gasteiger partial charge in [0, 0.05) is 5.56 Å². The lowest BCUT2D eigenvalue weighted by Gasteiger charge is -2.09. The van der Waals surface area contributed by atoms with E-state index >= 15 is 0 Å². The van der Waals surface area contributed by atoms with Gasteiger partial charge in [0.25, 0.3) is 0 Å². The zero-order valence-electron chi connectivity index (χ0n) is 14.3. The van der Waals surface area contributed by atoms with Crippen LogP contribution in [0.5, 0.6) is 11.5 Å². The molecule has 134 valence electrons. The second kappa shape index (κ2) is 8.16. The van der Waals surface area contributed by atoms with E-state index in [9.17, 15) is 0 Å². The molecule has 8 heteroatoms. The van der Waals surface area contributed by atoms with Gasteiger partial charge in [-0.1, -0.05) is 23.7 Å². The Bertz CT molecular complexity index is 997. The maximum Gasteiger partial charge on any atom is 0.216 e. The molecule has 6 nitrogen and oxygen atoms in total. The summed E-state index contributed by atoms with van der Waals surface area (Å²) in [5.41, 5.74) is 1.57. The van der Waals surface area contributed by atoms with Crippen molar-refractivity contribution in [2.24, 2.45) is 5.10 Å². The van der Waals surface area contributed by atoms with Crippen LogP contribution in [0.15, 0.2) is 47.6 Å². The quantitative estimate of drug-likeness (QED) is 0.497. The maximum absolute atomic E-state index is 6.26. The first-order valence-electron chi connectivity index (χ1n) is 7.91. The van der Waals surface area contributed by atoms with E-state index in [0.717, 1.165) is 11.1 Å². The molecular formula is C18H17ClN4O2S. The molecule has 0 atom stereocenters. The zero-order chi connectivity index (χ0) is 18.5. The summed E-state index contributed by atoms with van der Waals surface area (Å²) in [7, 11) is 1.60. The van der Waals surface area contributed by atoms with Crippen LogP contribution in [0, 0.1) is 4.77 Å². The monoisotopic (exact) mass is 388 g/mol. The van der Waals surface area contributed by atoms with E-state index in [1.54, 1.807) is 19.4 Å². The number of aromatic amines is 1. The van der Waals surface area contributed by atoms with Gasteiger partial charge in [0.1, 0.15) is 0 Å². The van der Waals surface area contributed by atoms with Crippen LogP contribution in [0.25, 0.3) is 11.4 Å². The highest BCUT2D eigenvalue weighted by Gasteiger charge is 2.11. The van der Waals surface area contributed by atoms with E-state index < -0.39 is 0 Å². The molecular weight excluding hydrogens is 372 g/mol. The predicted octanol–water partition coefficient (Wildman–Crippen LogP) is 4.55. The summed E-state index contributed by atoms with van der Waals surface area (Å²) < 4.78 is 12.8. The van der Waals surface area contributed by atoms with Gasteiger partial charge < -0.3 is 9.47 Å². The number of hydrogen-bond acceptors (Lipinski definition) is 5. The molecule has 1 N–H and O–H groups in total. The summed E-state index contributed by atoms with van der Waals surface area (Å²) in [6, 6.07) is 13.0. The van der Waals surface area contributed by atoms with E-state index in [4.69, 9.17) is 33.3 Å². The fourth-order valence-electron chi connectivity index (χ4n) is 2.38. The molecule has 0 bridgehead atoms. The first-order chi connectivity index (χ1) is 12.6. The summed E-state index contributed by atoms with van der Waals surface area (Å²) in [6.07, 6.45) is 1.67. The molecule has 0 aliphatic heterocycles. The SMILES string of the molecule is CCOc1ccc(/C=N\n2c(-c3ccccc3Cl)n[nH]c2=S)cc1OC. The molecule has 0 amide bonds. The number of nitrogens with one attached hydrogen (secondary N) is 1. The Morgan fingerprint density at radius 1 is 1.27 bits per heavy atom. The van der Waals surface area contributed by atoms with Crippen molar-refractivity contribution in [3.8, 4) is 22.9 Å². The predicted molar refractivity (Wildman–Crippen MR) is 105 cm³/mol. The normalized spacial score (nSPS) is 11.0. The Balaban J connectivity index is 1.96. The van der Waals surface area contributed by atoms with Gasteiger partial charge in [-0.05, 0) is 55.0 Å². The standard InChI is InChI=1S/C18H17ClN4O2S/c1-3-25-15-9-8-12(10-16(15)24-2)11-20-23-17(21-22-18(23)26)13-6-4-5-7-14(13)19/h4-11H,3H2,1-2H3,(H,22,26)/b20-11-. The van der Waals surface area contributed by atoms with Crippen molar-refractivity contribution in [3.63, 3.8) is 0 Å². The first-order valence-corrected chi connectivity index (χ1v) is 8.70. The van der Waals surface area contributed by atoms with Gasteiger partial charge in [-0.15, -0.1) is 0 Å². The van der Waals surface area contributed by atoms with E-state index in [0.29, 0.717) is 33.7 Å². The van der Waals surface area contributed by atoms with Gasteiger partial charge in [0.2, 0.25) is 4.77 Å². The van der Waals surface area contributed by atoms with Gasteiger partial charge in [0.15, 0.2) is 17.3 Å². The molecule has 3 aromatic rings. The maximum atomic E-state index is 6.26. The van der Waals surface area contributed by atoms with E-state index in [1.165, 1.54) is 4.68 Å². The van der Waals surface area contributed by atoms with Gasteiger partial charge in [-0.2, -0.15) is 14.9 Å². The van der Waals surface area contributed by atoms with Crippen LogP contribution < -0.4 is 9.47 Å². The van der Waals surface area contributed by atoms with Crippen molar-refractivity contribution in [3.05, 3.63) is 57.8 Å². The fraction of sp³-hybridized carbons (Fsp3) is 0.167. The number of rotatable bonds is 6. The highest BCUT2D eigenvalue weighted by molar-refractivity contribution is 7.71. The van der Waals surface area contributed by atoms with Gasteiger partial charge in [-0.25, -0.2) is 5.10 Å². The summed E-state index contributed by atoms with van der Waals surface area (Å²) in [5.74, 6) is 1.86. The molecule has 1 aromatic heterocycles. The van der Waals surface area contributed by atoms with Crippen molar-refractivity contribution in [1.82, 2.24) is 14.9 Å². The second-order valence-electron chi connectivity index (χ2n) is 5.23. The van der Waals surface area contributed by atoms with Crippen molar-refractivity contribution in [2.45, 2.75) is 6.92 Å². The molecule has 0 radical (unpaired) electrons. The molecule has 0 spiro atoms. The van der Waals surface area contributed by atoms with Gasteiger partial charge >= 0.3 is 0 Å². The number of aromatic nitrogens is 3. The summed E-state index contributed by atoms with van der Waals surface area (Å²) in [5, 5.41) is 12.0. The van der Waals surface area contributed by atoms with Crippen molar-refractivity contribution >= 4 is 30.0 Å². The van der Waals surface area contributed by atoms with Crippen LogP contribution in [0.1, 0.15) is 12.5 Å². The topological polar surface area (TPSA) is 64.4 Å². The molecule has 2 aromatic carbocycles. The first kappa shape index (κ1) is 18.2. The van der Waals surface area contributed by atoms with Gasteiger partial charge in [0.05, 0.1) is 25.0 Å². The van der Waals surface area contributed by atoms with Crippen LogP contribution in [0.3, 0.4) is 0 Å². The largest absolute Gasteiger partial charge is 0.493 e. The lowest BCUT2D eigenvalue weighted by atomic mass is 10.2. The summed E-state index contributed by atoms with van der Waals surface area (Å²) >= 11 is 11.5. The third-order valence-electron chi connectivity index (χ3n) is 3.57. The summed E-state index contributed by atoms with van der Waals surface area (Å²) in [4.78, 5) is 0. The van der Waals surface area contributed by atoms with Gasteiger partial charge in [-0.3, -0.25) is 0 Å². The molecule has 0 aliphatic rings. The number of H-pyrrole nitrogens is 1. The minimum absolute atomic E-state index is 0.370. The molecule has 3 rings (SSSR count). The third kappa shape index (κ3) is 3.79. The molecule has 0 saturated heterocycles. The minimum Gasteiger partial charge on any atom is -0.493 e. The Morgan fingerprint density at radius 2 is 2.08 bits per heavy atom. The number of ether oxygens (including phenoxy) is 2. The average Bonchev–Trinajstić information content (AvgIpc) is 3.02. The van der Waals surface area contributed by atoms with Crippen LogP contribution in [0.4, 0.5) is 0 Å². The number of halogens is 1.